The first-order valence-corrected chi connectivity index (χ1v) is 17.4. The van der Waals surface area contributed by atoms with Crippen molar-refractivity contribution < 1.29 is 47.2 Å². The van der Waals surface area contributed by atoms with Crippen LogP contribution in [0.5, 0.6) is 0 Å². The van der Waals surface area contributed by atoms with Crippen LogP contribution in [0.3, 0.4) is 0 Å². The van der Waals surface area contributed by atoms with E-state index < -0.39 is 56.4 Å². The Morgan fingerprint density at radius 2 is 1.66 bits per heavy atom. The Balaban J connectivity index is 1.54. The first-order valence-electron chi connectivity index (χ1n) is 15.4. The summed E-state index contributed by atoms with van der Waals surface area (Å²) >= 11 is 0. The second kappa shape index (κ2) is 12.4. The molecule has 4 aliphatic rings. The maximum atomic E-state index is 12.5. The third kappa shape index (κ3) is 6.88. The number of fused-ring (bicyclic) bond motifs is 2. The molecule has 0 radical (unpaired) electrons. The van der Waals surface area contributed by atoms with E-state index in [1.165, 1.54) is 0 Å². The molecule has 0 amide bonds. The van der Waals surface area contributed by atoms with Crippen molar-refractivity contribution in [1.82, 2.24) is 0 Å². The van der Waals surface area contributed by atoms with E-state index >= 15 is 0 Å². The van der Waals surface area contributed by atoms with Crippen LogP contribution in [0.15, 0.2) is 0 Å². The summed E-state index contributed by atoms with van der Waals surface area (Å²) in [6, 6.07) is 0. The highest BCUT2D eigenvalue weighted by molar-refractivity contribution is 6.70. The maximum absolute atomic E-state index is 12.5. The van der Waals surface area contributed by atoms with Crippen molar-refractivity contribution in [2.75, 3.05) is 13.7 Å². The molecule has 4 fully saturated rings. The number of aliphatic hydroxyl groups excluding tert-OH is 1. The van der Waals surface area contributed by atoms with Crippen LogP contribution in [0.2, 0.25) is 11.1 Å². The molecule has 0 spiro atoms. The third-order valence-corrected chi connectivity index (χ3v) is 13.5. The Labute approximate surface area is 247 Å². The molecular formula is C30H54O10Si. The highest BCUT2D eigenvalue weighted by atomic mass is 28.4. The van der Waals surface area contributed by atoms with Crippen molar-refractivity contribution in [2.24, 2.45) is 5.41 Å². The summed E-state index contributed by atoms with van der Waals surface area (Å²) in [4.78, 5) is 12.5. The zero-order chi connectivity index (χ0) is 30.5. The Bertz CT molecular complexity index is 896. The fourth-order valence-electron chi connectivity index (χ4n) is 6.78. The van der Waals surface area contributed by atoms with Gasteiger partial charge in [-0.1, -0.05) is 27.7 Å². The molecule has 4 heterocycles. The molecule has 0 saturated carbocycles. The van der Waals surface area contributed by atoms with E-state index in [1.54, 1.807) is 7.11 Å². The second-order valence-corrected chi connectivity index (χ2v) is 18.7. The van der Waals surface area contributed by atoms with Crippen LogP contribution in [0.25, 0.3) is 0 Å². The van der Waals surface area contributed by atoms with Gasteiger partial charge < -0.3 is 42.4 Å². The lowest BCUT2D eigenvalue weighted by atomic mass is 9.87. The van der Waals surface area contributed by atoms with Gasteiger partial charge in [0.1, 0.15) is 36.6 Å². The standard InChI is InChI=1S/C30H54O10Si/c1-16(2)41(33-11,17(3)4)40-25-22(14-19-15-34-30(9,10)39-19)38-26-23(31)24-21(37-27(25)26)13-12-20(36-24)18(5)35-28(32)29(6,7)8/h16-27,31H,12-15H2,1-11H3/t18?,19?,20-,21+,22-,23+,24+,25+,26+,27+/m1/s1. The topological polar surface area (TPSA) is 111 Å². The van der Waals surface area contributed by atoms with E-state index in [2.05, 4.69) is 27.7 Å². The average molecular weight is 603 g/mol. The number of ether oxygens (including phenoxy) is 6. The molecule has 4 saturated heterocycles. The van der Waals surface area contributed by atoms with Crippen LogP contribution in [0.1, 0.15) is 88.5 Å². The number of carbonyl (C=O) groups is 1. The van der Waals surface area contributed by atoms with E-state index in [4.69, 9.17) is 37.3 Å². The molecule has 41 heavy (non-hydrogen) atoms. The Hall–Kier alpha value is -0.633. The van der Waals surface area contributed by atoms with Gasteiger partial charge in [0, 0.05) is 13.5 Å². The normalized spacial score (nSPS) is 38.1. The van der Waals surface area contributed by atoms with Crippen LogP contribution in [-0.4, -0.2) is 100 Å². The van der Waals surface area contributed by atoms with Crippen molar-refractivity contribution in [3.8, 4) is 0 Å². The minimum absolute atomic E-state index is 0.170. The van der Waals surface area contributed by atoms with Crippen LogP contribution in [-0.2, 0) is 42.1 Å². The Morgan fingerprint density at radius 1 is 1.00 bits per heavy atom. The minimum atomic E-state index is -2.71. The summed E-state index contributed by atoms with van der Waals surface area (Å²) in [5.41, 5.74) is -0.229. The van der Waals surface area contributed by atoms with E-state index in [0.29, 0.717) is 25.9 Å². The molecule has 10 nitrogen and oxygen atoms in total. The van der Waals surface area contributed by atoms with E-state index in [1.807, 2.05) is 41.5 Å². The molecule has 0 aromatic heterocycles. The highest BCUT2D eigenvalue weighted by Crippen LogP contribution is 2.45. The Kier molecular flexibility index (Phi) is 10.1. The van der Waals surface area contributed by atoms with Gasteiger partial charge >= 0.3 is 14.5 Å². The van der Waals surface area contributed by atoms with Gasteiger partial charge in [0.05, 0.1) is 36.4 Å². The molecule has 11 heteroatoms. The second-order valence-electron chi connectivity index (χ2n) is 14.3. The summed E-state index contributed by atoms with van der Waals surface area (Å²) in [6.45, 7) is 20.2. The minimum Gasteiger partial charge on any atom is -0.460 e. The third-order valence-electron chi connectivity index (χ3n) is 9.03. The largest absolute Gasteiger partial charge is 0.460 e. The van der Waals surface area contributed by atoms with Gasteiger partial charge in [-0.05, 0) is 65.5 Å². The lowest BCUT2D eigenvalue weighted by Crippen LogP contribution is -2.63. The molecule has 0 aliphatic carbocycles. The molecule has 4 rings (SSSR count). The van der Waals surface area contributed by atoms with Gasteiger partial charge in [-0.15, -0.1) is 0 Å². The highest BCUT2D eigenvalue weighted by Gasteiger charge is 2.61. The summed E-state index contributed by atoms with van der Waals surface area (Å²) in [7, 11) is -0.971. The Morgan fingerprint density at radius 3 is 2.20 bits per heavy atom. The zero-order valence-electron chi connectivity index (χ0n) is 26.9. The van der Waals surface area contributed by atoms with Crippen molar-refractivity contribution in [3.05, 3.63) is 0 Å². The van der Waals surface area contributed by atoms with Crippen LogP contribution < -0.4 is 0 Å². The molecular weight excluding hydrogens is 548 g/mol. The fraction of sp³-hybridized carbons (Fsp3) is 0.967. The first-order chi connectivity index (χ1) is 19.0. The smallest absolute Gasteiger partial charge is 0.343 e. The molecule has 0 bridgehead atoms. The SMILES string of the molecule is CO[Si](O[C@@H]1[C@@H]2O[C@H]3CC[C@H](C(C)OC(=O)C(C)(C)C)O[C@@H]3[C@H](O)[C@@H]2O[C@@H]1CC1COC(C)(C)O1)(C(C)C)C(C)C. The molecule has 0 aromatic carbocycles. The number of hydrogen-bond acceptors (Lipinski definition) is 10. The van der Waals surface area contributed by atoms with E-state index in [-0.39, 0.29) is 41.5 Å². The van der Waals surface area contributed by atoms with Crippen molar-refractivity contribution >= 4 is 14.5 Å². The van der Waals surface area contributed by atoms with Crippen molar-refractivity contribution in [2.45, 2.75) is 166 Å². The van der Waals surface area contributed by atoms with Gasteiger partial charge in [0.25, 0.3) is 0 Å². The lowest BCUT2D eigenvalue weighted by Gasteiger charge is -2.48. The zero-order valence-corrected chi connectivity index (χ0v) is 27.9. The molecule has 4 aliphatic heterocycles. The summed E-state index contributed by atoms with van der Waals surface area (Å²) in [5.74, 6) is -0.936. The van der Waals surface area contributed by atoms with Crippen LogP contribution in [0.4, 0.5) is 0 Å². The van der Waals surface area contributed by atoms with Gasteiger partial charge in [-0.25, -0.2) is 0 Å². The number of hydrogen-bond donors (Lipinski definition) is 1. The van der Waals surface area contributed by atoms with Crippen molar-refractivity contribution in [3.63, 3.8) is 0 Å². The number of carbonyl (C=O) groups excluding carboxylic acids is 1. The predicted molar refractivity (Wildman–Crippen MR) is 154 cm³/mol. The molecule has 2 unspecified atom stereocenters. The summed E-state index contributed by atoms with van der Waals surface area (Å²) < 4.78 is 50.6. The van der Waals surface area contributed by atoms with Gasteiger partial charge in [-0.3, -0.25) is 4.79 Å². The first kappa shape index (κ1) is 33.3. The maximum Gasteiger partial charge on any atom is 0.343 e. The summed E-state index contributed by atoms with van der Waals surface area (Å²) in [5, 5.41) is 11.7. The fourth-order valence-corrected chi connectivity index (χ4v) is 10.4. The monoisotopic (exact) mass is 602 g/mol. The van der Waals surface area contributed by atoms with Gasteiger partial charge in [0.15, 0.2) is 5.79 Å². The quantitative estimate of drug-likeness (QED) is 0.304. The van der Waals surface area contributed by atoms with Crippen LogP contribution in [0, 0.1) is 5.41 Å². The number of rotatable bonds is 9. The molecule has 238 valence electrons. The predicted octanol–water partition coefficient (Wildman–Crippen LogP) is 4.24. The van der Waals surface area contributed by atoms with Gasteiger partial charge in [-0.2, -0.15) is 0 Å². The van der Waals surface area contributed by atoms with Gasteiger partial charge in [0.2, 0.25) is 0 Å². The molecule has 1 N–H and O–H groups in total. The number of esters is 1. The number of aliphatic hydroxyl groups is 1. The molecule has 0 aromatic rings. The van der Waals surface area contributed by atoms with Crippen molar-refractivity contribution in [1.29, 1.82) is 0 Å². The summed E-state index contributed by atoms with van der Waals surface area (Å²) in [6.07, 6.45) is -2.92. The average Bonchev–Trinajstić information content (AvgIpc) is 3.39. The van der Waals surface area contributed by atoms with E-state index in [0.717, 1.165) is 0 Å². The van der Waals surface area contributed by atoms with Crippen LogP contribution >= 0.6 is 0 Å². The van der Waals surface area contributed by atoms with E-state index in [9.17, 15) is 9.90 Å². The molecule has 10 atom stereocenters. The lowest BCUT2D eigenvalue weighted by molar-refractivity contribution is -0.268.